The Morgan fingerprint density at radius 2 is 1.86 bits per heavy atom. The molecule has 22 heavy (non-hydrogen) atoms. The van der Waals surface area contributed by atoms with Gasteiger partial charge in [0.25, 0.3) is 0 Å². The van der Waals surface area contributed by atoms with Crippen molar-refractivity contribution in [3.8, 4) is 0 Å². The summed E-state index contributed by atoms with van der Waals surface area (Å²) in [7, 11) is 0. The first-order chi connectivity index (χ1) is 10.8. The Labute approximate surface area is 133 Å². The lowest BCUT2D eigenvalue weighted by Gasteiger charge is -2.36. The van der Waals surface area contributed by atoms with Gasteiger partial charge in [-0.2, -0.15) is 0 Å². The fourth-order valence-electron chi connectivity index (χ4n) is 2.60. The summed E-state index contributed by atoms with van der Waals surface area (Å²) < 4.78 is 0. The minimum Gasteiger partial charge on any atom is -0.369 e. The third kappa shape index (κ3) is 5.41. The molecule has 0 unspecified atom stereocenters. The molecule has 0 aromatic heterocycles. The number of carbonyl (C=O) groups excluding carboxylic acids is 1. The van der Waals surface area contributed by atoms with Crippen molar-refractivity contribution >= 4 is 11.7 Å². The van der Waals surface area contributed by atoms with Gasteiger partial charge in [-0.05, 0) is 25.1 Å². The van der Waals surface area contributed by atoms with E-state index in [2.05, 4.69) is 57.3 Å². The lowest BCUT2D eigenvalue weighted by Crippen LogP contribution is -2.47. The highest BCUT2D eigenvalue weighted by Crippen LogP contribution is 2.15. The topological polar surface area (TPSA) is 47.6 Å². The van der Waals surface area contributed by atoms with Crippen LogP contribution >= 0.6 is 0 Å². The van der Waals surface area contributed by atoms with Crippen molar-refractivity contribution in [1.29, 1.82) is 0 Å². The number of para-hydroxylation sites is 1. The van der Waals surface area contributed by atoms with Gasteiger partial charge in [0.2, 0.25) is 0 Å². The fourth-order valence-corrected chi connectivity index (χ4v) is 2.60. The van der Waals surface area contributed by atoms with E-state index in [-0.39, 0.29) is 6.03 Å². The van der Waals surface area contributed by atoms with Gasteiger partial charge in [-0.1, -0.05) is 24.3 Å². The predicted octanol–water partition coefficient (Wildman–Crippen LogP) is 1.68. The average molecular weight is 302 g/mol. The molecule has 1 aromatic carbocycles. The van der Waals surface area contributed by atoms with Crippen molar-refractivity contribution < 1.29 is 4.79 Å². The highest BCUT2D eigenvalue weighted by Gasteiger charge is 2.16. The van der Waals surface area contributed by atoms with E-state index in [0.29, 0.717) is 13.1 Å². The van der Waals surface area contributed by atoms with Crippen molar-refractivity contribution in [2.45, 2.75) is 6.42 Å². The second kappa shape index (κ2) is 9.10. The van der Waals surface area contributed by atoms with Gasteiger partial charge in [0.15, 0.2) is 0 Å². The summed E-state index contributed by atoms with van der Waals surface area (Å²) in [4.78, 5) is 16.3. The smallest absolute Gasteiger partial charge is 0.315 e. The molecule has 1 aliphatic heterocycles. The summed E-state index contributed by atoms with van der Waals surface area (Å²) in [6.07, 6.45) is 2.65. The molecule has 2 amide bonds. The summed E-state index contributed by atoms with van der Waals surface area (Å²) in [5.74, 6) is 0. The third-order valence-electron chi connectivity index (χ3n) is 3.84. The molecule has 0 bridgehead atoms. The Morgan fingerprint density at radius 3 is 2.55 bits per heavy atom. The zero-order chi connectivity index (χ0) is 15.6. The van der Waals surface area contributed by atoms with Crippen LogP contribution in [0.1, 0.15) is 6.42 Å². The van der Waals surface area contributed by atoms with Crippen LogP contribution in [0.5, 0.6) is 0 Å². The van der Waals surface area contributed by atoms with Gasteiger partial charge < -0.3 is 15.5 Å². The molecule has 0 saturated carbocycles. The van der Waals surface area contributed by atoms with E-state index in [1.807, 2.05) is 0 Å². The first kappa shape index (κ1) is 16.4. The molecule has 0 aliphatic carbocycles. The van der Waals surface area contributed by atoms with Crippen LogP contribution in [-0.4, -0.2) is 56.7 Å². The molecular formula is C17H26N4O. The first-order valence-corrected chi connectivity index (χ1v) is 7.94. The van der Waals surface area contributed by atoms with Crippen molar-refractivity contribution in [1.82, 2.24) is 15.5 Å². The van der Waals surface area contributed by atoms with Gasteiger partial charge in [0, 0.05) is 45.0 Å². The Bertz CT molecular complexity index is 455. The highest BCUT2D eigenvalue weighted by molar-refractivity contribution is 5.73. The van der Waals surface area contributed by atoms with Crippen molar-refractivity contribution in [2.24, 2.45) is 0 Å². The minimum absolute atomic E-state index is 0.117. The van der Waals surface area contributed by atoms with E-state index in [0.717, 1.165) is 39.1 Å². The van der Waals surface area contributed by atoms with E-state index in [9.17, 15) is 4.79 Å². The van der Waals surface area contributed by atoms with Gasteiger partial charge in [-0.3, -0.25) is 4.90 Å². The number of nitrogens with zero attached hydrogens (tertiary/aromatic N) is 2. The van der Waals surface area contributed by atoms with Crippen LogP contribution < -0.4 is 15.5 Å². The predicted molar refractivity (Wildman–Crippen MR) is 91.3 cm³/mol. The highest BCUT2D eigenvalue weighted by atomic mass is 16.2. The summed E-state index contributed by atoms with van der Waals surface area (Å²) in [6, 6.07) is 10.4. The zero-order valence-corrected chi connectivity index (χ0v) is 13.1. The second-order valence-corrected chi connectivity index (χ2v) is 5.44. The largest absolute Gasteiger partial charge is 0.369 e. The van der Waals surface area contributed by atoms with Crippen LogP contribution in [0, 0.1) is 0 Å². The van der Waals surface area contributed by atoms with Crippen molar-refractivity contribution in [3.05, 3.63) is 43.0 Å². The number of hydrogen-bond acceptors (Lipinski definition) is 3. The van der Waals surface area contributed by atoms with Crippen LogP contribution in [0.2, 0.25) is 0 Å². The first-order valence-electron chi connectivity index (χ1n) is 7.94. The van der Waals surface area contributed by atoms with E-state index in [1.54, 1.807) is 6.08 Å². The summed E-state index contributed by atoms with van der Waals surface area (Å²) in [6.45, 7) is 10.1. The van der Waals surface area contributed by atoms with E-state index >= 15 is 0 Å². The van der Waals surface area contributed by atoms with Gasteiger partial charge in [0.05, 0.1) is 0 Å². The molecule has 1 fully saturated rings. The van der Waals surface area contributed by atoms with E-state index < -0.39 is 0 Å². The number of urea groups is 1. The van der Waals surface area contributed by atoms with E-state index in [1.165, 1.54) is 5.69 Å². The number of rotatable bonds is 7. The molecule has 1 aliphatic rings. The van der Waals surface area contributed by atoms with Crippen molar-refractivity contribution in [3.63, 3.8) is 0 Å². The Balaban J connectivity index is 1.58. The Hall–Kier alpha value is -2.01. The number of piperazine rings is 1. The molecule has 120 valence electrons. The summed E-state index contributed by atoms with van der Waals surface area (Å²) in [5.41, 5.74) is 1.31. The maximum absolute atomic E-state index is 11.4. The molecule has 5 heteroatoms. The quantitative estimate of drug-likeness (QED) is 0.595. The van der Waals surface area contributed by atoms with Crippen LogP contribution in [0.15, 0.2) is 43.0 Å². The second-order valence-electron chi connectivity index (χ2n) is 5.44. The fraction of sp³-hybridized carbons (Fsp3) is 0.471. The van der Waals surface area contributed by atoms with Crippen molar-refractivity contribution in [2.75, 3.05) is 50.7 Å². The number of nitrogens with one attached hydrogen (secondary N) is 2. The standard InChI is InChI=1S/C17H26N4O/c1-2-9-18-17(22)19-10-6-11-20-12-14-21(15-13-20)16-7-4-3-5-8-16/h2-5,7-8H,1,6,9-15H2,(H2,18,19,22). The maximum atomic E-state index is 11.4. The number of hydrogen-bond donors (Lipinski definition) is 2. The molecule has 0 spiro atoms. The molecule has 2 rings (SSSR count). The molecule has 0 radical (unpaired) electrons. The number of carbonyl (C=O) groups is 1. The number of amides is 2. The third-order valence-corrected chi connectivity index (χ3v) is 3.84. The summed E-state index contributed by atoms with van der Waals surface area (Å²) in [5, 5.41) is 5.56. The van der Waals surface area contributed by atoms with Gasteiger partial charge >= 0.3 is 6.03 Å². The molecule has 1 saturated heterocycles. The lowest BCUT2D eigenvalue weighted by molar-refractivity contribution is 0.237. The van der Waals surface area contributed by atoms with Gasteiger partial charge in [-0.15, -0.1) is 6.58 Å². The zero-order valence-electron chi connectivity index (χ0n) is 13.1. The SMILES string of the molecule is C=CCNC(=O)NCCCN1CCN(c2ccccc2)CC1. The molecule has 5 nitrogen and oxygen atoms in total. The lowest BCUT2D eigenvalue weighted by atomic mass is 10.2. The minimum atomic E-state index is -0.117. The molecule has 0 atom stereocenters. The van der Waals surface area contributed by atoms with E-state index in [4.69, 9.17) is 0 Å². The Kier molecular flexibility index (Phi) is 6.77. The molecule has 1 heterocycles. The normalized spacial score (nSPS) is 15.4. The number of anilines is 1. The molecular weight excluding hydrogens is 276 g/mol. The van der Waals surface area contributed by atoms with Gasteiger partial charge in [0.1, 0.15) is 0 Å². The Morgan fingerprint density at radius 1 is 1.14 bits per heavy atom. The van der Waals surface area contributed by atoms with Crippen LogP contribution in [0.4, 0.5) is 10.5 Å². The van der Waals surface area contributed by atoms with Crippen LogP contribution in [0.25, 0.3) is 0 Å². The maximum Gasteiger partial charge on any atom is 0.315 e. The van der Waals surface area contributed by atoms with Crippen LogP contribution in [0.3, 0.4) is 0 Å². The summed E-state index contributed by atoms with van der Waals surface area (Å²) >= 11 is 0. The number of benzene rings is 1. The molecule has 2 N–H and O–H groups in total. The average Bonchev–Trinajstić information content (AvgIpc) is 2.58. The monoisotopic (exact) mass is 302 g/mol. The van der Waals surface area contributed by atoms with Crippen LogP contribution in [-0.2, 0) is 0 Å². The molecule has 1 aromatic rings. The van der Waals surface area contributed by atoms with Gasteiger partial charge in [-0.25, -0.2) is 4.79 Å².